The first kappa shape index (κ1) is 23.0. The predicted octanol–water partition coefficient (Wildman–Crippen LogP) is 3.20. The van der Waals surface area contributed by atoms with E-state index in [-0.39, 0.29) is 18.6 Å². The smallest absolute Gasteiger partial charge is 0.246 e. The van der Waals surface area contributed by atoms with Crippen LogP contribution in [0.15, 0.2) is 42.6 Å². The standard InChI is InChI=1S/C24H33N3O4/c1-4-31-21-9-8-18(15-22(21)30-3)16-27-13-10-19(11-14-27)24(26-23(28)17-29-2)20-7-5-6-12-25-20/h5-9,12,15,19,24H,4,10-11,13-14,16-17H2,1-3H3,(H,26,28)/t24-/m0/s1. The number of carbonyl (C=O) groups excluding carboxylic acids is 1. The molecule has 1 aliphatic rings. The van der Waals surface area contributed by atoms with E-state index in [1.54, 1.807) is 13.3 Å². The van der Waals surface area contributed by atoms with E-state index in [0.717, 1.165) is 49.7 Å². The molecule has 1 amide bonds. The van der Waals surface area contributed by atoms with Crippen molar-refractivity contribution < 1.29 is 19.0 Å². The largest absolute Gasteiger partial charge is 0.493 e. The summed E-state index contributed by atoms with van der Waals surface area (Å²) in [5, 5.41) is 3.13. The number of benzene rings is 1. The van der Waals surface area contributed by atoms with Crippen molar-refractivity contribution in [1.29, 1.82) is 0 Å². The Kier molecular flexibility index (Phi) is 8.67. The van der Waals surface area contributed by atoms with Crippen LogP contribution in [0.5, 0.6) is 11.5 Å². The van der Waals surface area contributed by atoms with E-state index >= 15 is 0 Å². The molecule has 168 valence electrons. The van der Waals surface area contributed by atoms with Gasteiger partial charge in [-0.15, -0.1) is 0 Å². The number of hydrogen-bond donors (Lipinski definition) is 1. The van der Waals surface area contributed by atoms with Gasteiger partial charge in [0.15, 0.2) is 11.5 Å². The van der Waals surface area contributed by atoms with Gasteiger partial charge in [0.2, 0.25) is 5.91 Å². The number of methoxy groups -OCH3 is 2. The molecule has 0 spiro atoms. The number of pyridine rings is 1. The van der Waals surface area contributed by atoms with Crippen LogP contribution >= 0.6 is 0 Å². The SMILES string of the molecule is CCOc1ccc(CN2CCC([C@H](NC(=O)COC)c3ccccn3)CC2)cc1OC. The van der Waals surface area contributed by atoms with Crippen LogP contribution in [0.2, 0.25) is 0 Å². The van der Waals surface area contributed by atoms with Gasteiger partial charge in [0.25, 0.3) is 0 Å². The molecule has 1 aromatic carbocycles. The summed E-state index contributed by atoms with van der Waals surface area (Å²) < 4.78 is 16.1. The van der Waals surface area contributed by atoms with Crippen molar-refractivity contribution in [2.45, 2.75) is 32.4 Å². The number of amides is 1. The Morgan fingerprint density at radius 2 is 2.00 bits per heavy atom. The highest BCUT2D eigenvalue weighted by Gasteiger charge is 2.29. The zero-order valence-electron chi connectivity index (χ0n) is 18.7. The molecule has 0 unspecified atom stereocenters. The molecule has 3 rings (SSSR count). The van der Waals surface area contributed by atoms with Crippen LogP contribution < -0.4 is 14.8 Å². The molecule has 1 fully saturated rings. The number of nitrogens with zero attached hydrogens (tertiary/aromatic N) is 2. The van der Waals surface area contributed by atoms with Gasteiger partial charge in [0.1, 0.15) is 6.61 Å². The fourth-order valence-electron chi connectivity index (χ4n) is 4.13. The highest BCUT2D eigenvalue weighted by molar-refractivity contribution is 5.77. The summed E-state index contributed by atoms with van der Waals surface area (Å²) in [5.74, 6) is 1.77. The molecule has 1 aromatic heterocycles. The third kappa shape index (κ3) is 6.42. The Balaban J connectivity index is 1.62. The van der Waals surface area contributed by atoms with Crippen molar-refractivity contribution in [1.82, 2.24) is 15.2 Å². The lowest BCUT2D eigenvalue weighted by Gasteiger charge is -2.36. The quantitative estimate of drug-likeness (QED) is 0.628. The molecule has 1 N–H and O–H groups in total. The summed E-state index contributed by atoms with van der Waals surface area (Å²) in [6, 6.07) is 11.9. The van der Waals surface area contributed by atoms with Crippen LogP contribution in [-0.4, -0.2) is 56.3 Å². The number of ether oxygens (including phenoxy) is 3. The van der Waals surface area contributed by atoms with E-state index in [4.69, 9.17) is 14.2 Å². The van der Waals surface area contributed by atoms with Gasteiger partial charge in [-0.25, -0.2) is 0 Å². The zero-order valence-corrected chi connectivity index (χ0v) is 18.7. The van der Waals surface area contributed by atoms with Gasteiger partial charge in [-0.05, 0) is 68.6 Å². The van der Waals surface area contributed by atoms with Gasteiger partial charge in [0, 0.05) is 19.9 Å². The Morgan fingerprint density at radius 3 is 2.65 bits per heavy atom. The Hall–Kier alpha value is -2.64. The number of rotatable bonds is 10. The van der Waals surface area contributed by atoms with Crippen molar-refractivity contribution in [3.8, 4) is 11.5 Å². The van der Waals surface area contributed by atoms with Gasteiger partial charge in [0.05, 0.1) is 25.5 Å². The predicted molar refractivity (Wildman–Crippen MR) is 119 cm³/mol. The molecule has 31 heavy (non-hydrogen) atoms. The summed E-state index contributed by atoms with van der Waals surface area (Å²) in [6.07, 6.45) is 3.75. The van der Waals surface area contributed by atoms with E-state index in [1.807, 2.05) is 31.2 Å². The minimum atomic E-state index is -0.109. The first-order valence-electron chi connectivity index (χ1n) is 10.9. The van der Waals surface area contributed by atoms with E-state index in [2.05, 4.69) is 27.3 Å². The zero-order chi connectivity index (χ0) is 22.1. The molecule has 1 atom stereocenters. The van der Waals surface area contributed by atoms with Crippen LogP contribution in [-0.2, 0) is 16.1 Å². The maximum absolute atomic E-state index is 12.2. The molecule has 7 nitrogen and oxygen atoms in total. The van der Waals surface area contributed by atoms with E-state index in [1.165, 1.54) is 12.7 Å². The first-order valence-corrected chi connectivity index (χ1v) is 10.9. The summed E-state index contributed by atoms with van der Waals surface area (Å²) >= 11 is 0. The highest BCUT2D eigenvalue weighted by Crippen LogP contribution is 2.32. The number of carbonyl (C=O) groups is 1. The molecule has 2 heterocycles. The molecule has 0 saturated carbocycles. The lowest BCUT2D eigenvalue weighted by molar-refractivity contribution is -0.126. The number of nitrogens with one attached hydrogen (secondary N) is 1. The van der Waals surface area contributed by atoms with Crippen LogP contribution in [0.3, 0.4) is 0 Å². The van der Waals surface area contributed by atoms with Crippen molar-refractivity contribution in [3.05, 3.63) is 53.9 Å². The second kappa shape index (κ2) is 11.7. The highest BCUT2D eigenvalue weighted by atomic mass is 16.5. The first-order chi connectivity index (χ1) is 15.1. The summed E-state index contributed by atoms with van der Waals surface area (Å²) in [6.45, 7) is 5.42. The molecule has 0 radical (unpaired) electrons. The van der Waals surface area contributed by atoms with Crippen LogP contribution in [0, 0.1) is 5.92 Å². The maximum Gasteiger partial charge on any atom is 0.246 e. The summed E-state index contributed by atoms with van der Waals surface area (Å²) in [5.41, 5.74) is 2.11. The maximum atomic E-state index is 12.2. The topological polar surface area (TPSA) is 72.9 Å². The normalized spacial score (nSPS) is 16.0. The number of aromatic nitrogens is 1. The number of hydrogen-bond acceptors (Lipinski definition) is 6. The second-order valence-corrected chi connectivity index (χ2v) is 7.76. The van der Waals surface area contributed by atoms with Crippen LogP contribution in [0.1, 0.15) is 37.1 Å². The Morgan fingerprint density at radius 1 is 1.19 bits per heavy atom. The molecule has 7 heteroatoms. The molecular formula is C24H33N3O4. The second-order valence-electron chi connectivity index (χ2n) is 7.76. The minimum Gasteiger partial charge on any atom is -0.493 e. The van der Waals surface area contributed by atoms with Crippen molar-refractivity contribution in [2.75, 3.05) is 40.5 Å². The lowest BCUT2D eigenvalue weighted by atomic mass is 9.87. The fraction of sp³-hybridized carbons (Fsp3) is 0.500. The van der Waals surface area contributed by atoms with Gasteiger partial charge >= 0.3 is 0 Å². The van der Waals surface area contributed by atoms with E-state index < -0.39 is 0 Å². The van der Waals surface area contributed by atoms with Crippen LogP contribution in [0.25, 0.3) is 0 Å². The lowest BCUT2D eigenvalue weighted by Crippen LogP contribution is -2.41. The molecule has 1 saturated heterocycles. The summed E-state index contributed by atoms with van der Waals surface area (Å²) in [7, 11) is 3.20. The van der Waals surface area contributed by atoms with E-state index in [9.17, 15) is 4.79 Å². The summed E-state index contributed by atoms with van der Waals surface area (Å²) in [4.78, 5) is 19.2. The van der Waals surface area contributed by atoms with Crippen molar-refractivity contribution in [3.63, 3.8) is 0 Å². The number of likely N-dealkylation sites (tertiary alicyclic amines) is 1. The number of piperidine rings is 1. The van der Waals surface area contributed by atoms with Gasteiger partial charge in [-0.2, -0.15) is 0 Å². The van der Waals surface area contributed by atoms with Crippen molar-refractivity contribution >= 4 is 5.91 Å². The third-order valence-corrected chi connectivity index (χ3v) is 5.64. The average molecular weight is 428 g/mol. The molecule has 0 bridgehead atoms. The monoisotopic (exact) mass is 427 g/mol. The van der Waals surface area contributed by atoms with Gasteiger partial charge < -0.3 is 19.5 Å². The third-order valence-electron chi connectivity index (χ3n) is 5.64. The minimum absolute atomic E-state index is 0.0573. The Bertz CT molecular complexity index is 823. The molecular weight excluding hydrogens is 394 g/mol. The molecule has 1 aliphatic heterocycles. The fourth-order valence-corrected chi connectivity index (χ4v) is 4.13. The van der Waals surface area contributed by atoms with Gasteiger partial charge in [-0.1, -0.05) is 12.1 Å². The van der Waals surface area contributed by atoms with E-state index in [0.29, 0.717) is 12.5 Å². The van der Waals surface area contributed by atoms with Gasteiger partial charge in [-0.3, -0.25) is 14.7 Å². The molecule has 2 aromatic rings. The Labute approximate surface area is 184 Å². The molecule has 0 aliphatic carbocycles. The van der Waals surface area contributed by atoms with Crippen LogP contribution in [0.4, 0.5) is 0 Å². The van der Waals surface area contributed by atoms with Crippen molar-refractivity contribution in [2.24, 2.45) is 5.92 Å². The average Bonchev–Trinajstić information content (AvgIpc) is 2.80.